The van der Waals surface area contributed by atoms with Crippen molar-refractivity contribution < 1.29 is 18.0 Å². The Morgan fingerprint density at radius 1 is 1.11 bits per heavy atom. The van der Waals surface area contributed by atoms with Crippen molar-refractivity contribution in [2.24, 2.45) is 0 Å². The van der Waals surface area contributed by atoms with E-state index in [2.05, 4.69) is 20.4 Å². The molecule has 0 aliphatic carbocycles. The molecule has 6 nitrogen and oxygen atoms in total. The van der Waals surface area contributed by atoms with Crippen LogP contribution in [-0.4, -0.2) is 25.5 Å². The van der Waals surface area contributed by atoms with Crippen molar-refractivity contribution in [3.05, 3.63) is 52.1 Å². The highest BCUT2D eigenvalue weighted by molar-refractivity contribution is 5.92. The van der Waals surface area contributed by atoms with E-state index in [1.54, 1.807) is 13.8 Å². The first-order chi connectivity index (χ1) is 13.1. The smallest absolute Gasteiger partial charge is 0.326 e. The van der Waals surface area contributed by atoms with Gasteiger partial charge in [0.05, 0.1) is 0 Å². The number of nitrogens with one attached hydrogen (secondary N) is 1. The van der Waals surface area contributed by atoms with Gasteiger partial charge in [-0.15, -0.1) is 5.10 Å². The molecule has 0 aliphatic rings. The summed E-state index contributed by atoms with van der Waals surface area (Å²) < 4.78 is 39.7. The highest BCUT2D eigenvalue weighted by atomic mass is 19.4. The van der Waals surface area contributed by atoms with Crippen LogP contribution >= 0.6 is 0 Å². The fourth-order valence-electron chi connectivity index (χ4n) is 3.14. The first kappa shape index (κ1) is 19.8. The van der Waals surface area contributed by atoms with Crippen molar-refractivity contribution in [2.75, 3.05) is 5.32 Å². The molecule has 0 unspecified atom stereocenters. The van der Waals surface area contributed by atoms with Gasteiger partial charge in [-0.1, -0.05) is 18.2 Å². The maximum atomic E-state index is 12.9. The van der Waals surface area contributed by atoms with Crippen molar-refractivity contribution in [1.29, 1.82) is 0 Å². The number of hydrogen-bond acceptors (Lipinski definition) is 4. The van der Waals surface area contributed by atoms with Crippen molar-refractivity contribution in [1.82, 2.24) is 19.6 Å². The Labute approximate surface area is 159 Å². The van der Waals surface area contributed by atoms with Crippen LogP contribution in [0.5, 0.6) is 0 Å². The minimum Gasteiger partial charge on any atom is -0.326 e. The summed E-state index contributed by atoms with van der Waals surface area (Å²) in [6.07, 6.45) is -4.14. The van der Waals surface area contributed by atoms with Gasteiger partial charge in [-0.3, -0.25) is 4.79 Å². The molecule has 2 aromatic heterocycles. The third-order valence-electron chi connectivity index (χ3n) is 4.65. The summed E-state index contributed by atoms with van der Waals surface area (Å²) in [7, 11) is 0. The summed E-state index contributed by atoms with van der Waals surface area (Å²) >= 11 is 0. The van der Waals surface area contributed by atoms with E-state index in [1.165, 1.54) is 0 Å². The van der Waals surface area contributed by atoms with Gasteiger partial charge in [-0.25, -0.2) is 9.50 Å². The summed E-state index contributed by atoms with van der Waals surface area (Å²) in [6.45, 7) is 7.17. The highest BCUT2D eigenvalue weighted by Gasteiger charge is 2.36. The van der Waals surface area contributed by atoms with Gasteiger partial charge in [-0.2, -0.15) is 18.2 Å². The number of aromatic nitrogens is 4. The summed E-state index contributed by atoms with van der Waals surface area (Å²) in [5.41, 5.74) is 4.41. The predicted molar refractivity (Wildman–Crippen MR) is 98.1 cm³/mol. The Kier molecular flexibility index (Phi) is 5.10. The monoisotopic (exact) mass is 391 g/mol. The molecule has 0 atom stereocenters. The van der Waals surface area contributed by atoms with Gasteiger partial charge in [0, 0.05) is 23.5 Å². The molecule has 0 aliphatic heterocycles. The third-order valence-corrected chi connectivity index (χ3v) is 4.65. The molecule has 1 amide bonds. The van der Waals surface area contributed by atoms with Gasteiger partial charge < -0.3 is 5.32 Å². The van der Waals surface area contributed by atoms with Crippen molar-refractivity contribution >= 4 is 17.4 Å². The molecular formula is C19H20F3N5O. The van der Waals surface area contributed by atoms with Crippen LogP contribution in [0.4, 0.5) is 18.9 Å². The number of anilines is 1. The molecule has 148 valence electrons. The molecule has 0 fully saturated rings. The normalized spacial score (nSPS) is 11.8. The van der Waals surface area contributed by atoms with Crippen LogP contribution < -0.4 is 5.32 Å². The molecule has 9 heteroatoms. The quantitative estimate of drug-likeness (QED) is 0.731. The Morgan fingerprint density at radius 3 is 2.36 bits per heavy atom. The van der Waals surface area contributed by atoms with Crippen LogP contribution in [0.3, 0.4) is 0 Å². The number of carbonyl (C=O) groups is 1. The molecule has 0 radical (unpaired) electrons. The van der Waals surface area contributed by atoms with E-state index in [9.17, 15) is 18.0 Å². The van der Waals surface area contributed by atoms with E-state index in [4.69, 9.17) is 0 Å². The van der Waals surface area contributed by atoms with Crippen LogP contribution in [0.2, 0.25) is 0 Å². The maximum absolute atomic E-state index is 12.9. The molecule has 3 aromatic rings. The number of amides is 1. The van der Waals surface area contributed by atoms with Crippen LogP contribution in [0.25, 0.3) is 5.78 Å². The third kappa shape index (κ3) is 3.83. The summed E-state index contributed by atoms with van der Waals surface area (Å²) in [5.74, 6) is -1.51. The first-order valence-corrected chi connectivity index (χ1v) is 8.74. The number of carbonyl (C=O) groups excluding carboxylic acids is 1. The Balaban J connectivity index is 1.81. The molecule has 0 bridgehead atoms. The molecule has 28 heavy (non-hydrogen) atoms. The minimum atomic E-state index is -4.64. The average molecular weight is 391 g/mol. The maximum Gasteiger partial charge on any atom is 0.453 e. The van der Waals surface area contributed by atoms with E-state index in [1.807, 2.05) is 32.0 Å². The molecule has 2 heterocycles. The second-order valence-corrected chi connectivity index (χ2v) is 6.72. The van der Waals surface area contributed by atoms with Gasteiger partial charge >= 0.3 is 6.18 Å². The number of rotatable bonds is 4. The van der Waals surface area contributed by atoms with Gasteiger partial charge in [0.2, 0.25) is 5.91 Å². The van der Waals surface area contributed by atoms with Gasteiger partial charge in [0.25, 0.3) is 11.6 Å². The fourth-order valence-corrected chi connectivity index (χ4v) is 3.14. The number of alkyl halides is 3. The SMILES string of the molecule is Cc1cccc(C)c1NC(=O)CCc1c(C)nc2nc(C(F)(F)F)nn2c1C. The van der Waals surface area contributed by atoms with E-state index in [0.717, 1.165) is 21.3 Å². The molecular weight excluding hydrogens is 371 g/mol. The molecule has 1 N–H and O–H groups in total. The van der Waals surface area contributed by atoms with E-state index in [0.29, 0.717) is 23.4 Å². The number of aryl methyl sites for hydroxylation is 4. The highest BCUT2D eigenvalue weighted by Crippen LogP contribution is 2.27. The minimum absolute atomic E-state index is 0.105. The largest absolute Gasteiger partial charge is 0.453 e. The van der Waals surface area contributed by atoms with E-state index >= 15 is 0 Å². The van der Waals surface area contributed by atoms with Gasteiger partial charge in [0.15, 0.2) is 0 Å². The molecule has 0 saturated heterocycles. The van der Waals surface area contributed by atoms with Crippen molar-refractivity contribution in [3.63, 3.8) is 0 Å². The second kappa shape index (κ2) is 7.21. The first-order valence-electron chi connectivity index (χ1n) is 8.74. The lowest BCUT2D eigenvalue weighted by molar-refractivity contribution is -0.144. The number of fused-ring (bicyclic) bond motifs is 1. The van der Waals surface area contributed by atoms with Crippen LogP contribution in [0.15, 0.2) is 18.2 Å². The molecule has 0 spiro atoms. The number of hydrogen-bond donors (Lipinski definition) is 1. The zero-order valence-electron chi connectivity index (χ0n) is 16.0. The fraction of sp³-hybridized carbons (Fsp3) is 0.368. The van der Waals surface area contributed by atoms with E-state index < -0.39 is 12.0 Å². The Hall–Kier alpha value is -2.97. The van der Waals surface area contributed by atoms with Crippen LogP contribution in [0.1, 0.15) is 40.3 Å². The lowest BCUT2D eigenvalue weighted by Gasteiger charge is -2.13. The summed E-state index contributed by atoms with van der Waals surface area (Å²) in [4.78, 5) is 20.0. The predicted octanol–water partition coefficient (Wildman–Crippen LogP) is 3.95. The Bertz CT molecular complexity index is 1040. The average Bonchev–Trinajstić information content (AvgIpc) is 3.02. The van der Waals surface area contributed by atoms with Crippen molar-refractivity contribution in [2.45, 2.75) is 46.7 Å². The lowest BCUT2D eigenvalue weighted by Crippen LogP contribution is -2.15. The zero-order valence-corrected chi connectivity index (χ0v) is 16.0. The van der Waals surface area contributed by atoms with E-state index in [-0.39, 0.29) is 18.1 Å². The summed E-state index contributed by atoms with van der Waals surface area (Å²) in [5, 5.41) is 6.43. The number of halogens is 3. The lowest BCUT2D eigenvalue weighted by atomic mass is 10.1. The molecule has 0 saturated carbocycles. The topological polar surface area (TPSA) is 72.2 Å². The van der Waals surface area contributed by atoms with Crippen LogP contribution in [-0.2, 0) is 17.4 Å². The van der Waals surface area contributed by atoms with Crippen molar-refractivity contribution in [3.8, 4) is 0 Å². The van der Waals surface area contributed by atoms with Gasteiger partial charge in [0.1, 0.15) is 0 Å². The van der Waals surface area contributed by atoms with Gasteiger partial charge in [-0.05, 0) is 50.8 Å². The number of nitrogens with zero attached hydrogens (tertiary/aromatic N) is 4. The Morgan fingerprint density at radius 2 is 1.75 bits per heavy atom. The molecule has 1 aromatic carbocycles. The number of para-hydroxylation sites is 1. The number of benzene rings is 1. The standard InChI is InChI=1S/C19H20F3N5O/c1-10-6-5-7-11(2)16(10)24-15(28)9-8-14-12(3)23-18-25-17(19(20,21)22)26-27(18)13(14)4/h5-7H,8-9H2,1-4H3,(H,24,28). The zero-order chi connectivity index (χ0) is 20.6. The summed E-state index contributed by atoms with van der Waals surface area (Å²) in [6, 6.07) is 5.75. The second-order valence-electron chi connectivity index (χ2n) is 6.72. The molecule has 3 rings (SSSR count). The van der Waals surface area contributed by atoms with Crippen LogP contribution in [0, 0.1) is 27.7 Å².